The Hall–Kier alpha value is -4.10. The first-order valence-corrected chi connectivity index (χ1v) is 10.4. The topological polar surface area (TPSA) is 84.2 Å². The fourth-order valence-corrected chi connectivity index (χ4v) is 4.42. The molecule has 0 radical (unpaired) electrons. The van der Waals surface area contributed by atoms with E-state index in [1.165, 1.54) is 7.11 Å². The van der Waals surface area contributed by atoms with Crippen LogP contribution >= 0.6 is 0 Å². The van der Waals surface area contributed by atoms with Crippen molar-refractivity contribution in [1.29, 1.82) is 0 Å². The smallest absolute Gasteiger partial charge is 0.343 e. The maximum atomic E-state index is 13.6. The number of para-hydroxylation sites is 1. The summed E-state index contributed by atoms with van der Waals surface area (Å²) in [5.74, 6) is 0.299. The summed E-state index contributed by atoms with van der Waals surface area (Å²) in [6.45, 7) is 4.37. The summed E-state index contributed by atoms with van der Waals surface area (Å²) in [5.41, 5.74) is 1.93. The van der Waals surface area contributed by atoms with Gasteiger partial charge in [0.25, 0.3) is 0 Å². The molecule has 33 heavy (non-hydrogen) atoms. The van der Waals surface area contributed by atoms with Gasteiger partial charge in [-0.3, -0.25) is 4.79 Å². The average molecular weight is 442 g/mol. The molecule has 4 aromatic rings. The van der Waals surface area contributed by atoms with Gasteiger partial charge in [0, 0.05) is 6.07 Å². The molecule has 0 spiro atoms. The number of ether oxygens (including phenoxy) is 4. The standard InChI is InChI=1S/C26H18O7/c1-13-12-30-25-20-18(31-22(13)25)11-17(32-26(28)14-7-4-3-5-8-14)19-21(27)15-9-6-10-16(29-2)23(15)33-24(19)20/h3-11,22,25H,1,12H2,2H3/t22-,25-/m0/s1. The van der Waals surface area contributed by atoms with Crippen molar-refractivity contribution < 1.29 is 28.2 Å². The van der Waals surface area contributed by atoms with Crippen LogP contribution in [0.1, 0.15) is 22.0 Å². The summed E-state index contributed by atoms with van der Waals surface area (Å²) < 4.78 is 29.3. The Bertz CT molecular complexity index is 1520. The highest BCUT2D eigenvalue weighted by Gasteiger charge is 2.45. The second-order valence-corrected chi connectivity index (χ2v) is 7.94. The molecule has 2 aliphatic heterocycles. The summed E-state index contributed by atoms with van der Waals surface area (Å²) in [4.78, 5) is 26.5. The van der Waals surface area contributed by atoms with Crippen molar-refractivity contribution in [3.8, 4) is 17.2 Å². The third-order valence-electron chi connectivity index (χ3n) is 6.00. The number of carbonyl (C=O) groups excluding carboxylic acids is 1. The molecule has 7 nitrogen and oxygen atoms in total. The summed E-state index contributed by atoms with van der Waals surface area (Å²) in [6.07, 6.45) is -0.869. The minimum absolute atomic E-state index is 0.0571. The van der Waals surface area contributed by atoms with Gasteiger partial charge in [0.1, 0.15) is 23.0 Å². The molecular formula is C26H18O7. The molecule has 0 N–H and O–H groups in total. The first-order valence-electron chi connectivity index (χ1n) is 10.4. The van der Waals surface area contributed by atoms with E-state index in [1.54, 1.807) is 54.6 Å². The Labute approximate surface area is 187 Å². The van der Waals surface area contributed by atoms with E-state index in [-0.39, 0.29) is 22.1 Å². The van der Waals surface area contributed by atoms with Crippen molar-refractivity contribution >= 4 is 27.9 Å². The van der Waals surface area contributed by atoms with Gasteiger partial charge in [-0.1, -0.05) is 30.8 Å². The maximum absolute atomic E-state index is 13.6. The van der Waals surface area contributed by atoms with Crippen molar-refractivity contribution in [2.24, 2.45) is 0 Å². The minimum Gasteiger partial charge on any atom is -0.493 e. The lowest BCUT2D eigenvalue weighted by Crippen LogP contribution is -2.14. The van der Waals surface area contributed by atoms with Crippen molar-refractivity contribution in [2.75, 3.05) is 13.7 Å². The Kier molecular flexibility index (Phi) is 4.28. The van der Waals surface area contributed by atoms with E-state index in [2.05, 4.69) is 6.58 Å². The van der Waals surface area contributed by atoms with Crippen molar-refractivity contribution in [1.82, 2.24) is 0 Å². The van der Waals surface area contributed by atoms with Crippen LogP contribution in [0, 0.1) is 0 Å². The van der Waals surface area contributed by atoms with Crippen LogP contribution < -0.4 is 19.6 Å². The quantitative estimate of drug-likeness (QED) is 0.199. The van der Waals surface area contributed by atoms with E-state index in [4.69, 9.17) is 23.4 Å². The van der Waals surface area contributed by atoms with Gasteiger partial charge in [0.15, 0.2) is 23.0 Å². The summed E-state index contributed by atoms with van der Waals surface area (Å²) in [5, 5.41) is 0.454. The van der Waals surface area contributed by atoms with E-state index in [0.29, 0.717) is 40.2 Å². The van der Waals surface area contributed by atoms with Crippen LogP contribution in [0.3, 0.4) is 0 Å². The largest absolute Gasteiger partial charge is 0.493 e. The fourth-order valence-electron chi connectivity index (χ4n) is 4.42. The zero-order chi connectivity index (χ0) is 22.7. The van der Waals surface area contributed by atoms with Gasteiger partial charge in [-0.25, -0.2) is 4.79 Å². The maximum Gasteiger partial charge on any atom is 0.343 e. The number of rotatable bonds is 3. The van der Waals surface area contributed by atoms with Gasteiger partial charge in [0.2, 0.25) is 5.43 Å². The lowest BCUT2D eigenvalue weighted by molar-refractivity contribution is 0.0736. The molecule has 2 atom stereocenters. The predicted octanol–water partition coefficient (Wildman–Crippen LogP) is 4.56. The number of methoxy groups -OCH3 is 1. The SMILES string of the molecule is C=C1CO[C@H]2c3c(cc(OC(=O)c4ccccc4)c4c(=O)c5cccc(OC)c5oc34)O[C@@H]12. The predicted molar refractivity (Wildman–Crippen MR) is 120 cm³/mol. The Balaban J connectivity index is 1.64. The Morgan fingerprint density at radius 2 is 1.85 bits per heavy atom. The monoisotopic (exact) mass is 442 g/mol. The van der Waals surface area contributed by atoms with Crippen molar-refractivity contribution in [3.63, 3.8) is 0 Å². The summed E-state index contributed by atoms with van der Waals surface area (Å²) >= 11 is 0. The van der Waals surface area contributed by atoms with Crippen LogP contribution in [0.2, 0.25) is 0 Å². The molecule has 2 aliphatic rings. The first kappa shape index (κ1) is 19.6. The molecule has 1 saturated heterocycles. The molecule has 0 bridgehead atoms. The van der Waals surface area contributed by atoms with Gasteiger partial charge in [0.05, 0.1) is 30.2 Å². The second kappa shape index (κ2) is 7.21. The lowest BCUT2D eigenvalue weighted by atomic mass is 10.0. The fraction of sp³-hybridized carbons (Fsp3) is 0.154. The number of esters is 1. The molecular weight excluding hydrogens is 424 g/mol. The number of fused-ring (bicyclic) bond motifs is 6. The van der Waals surface area contributed by atoms with Gasteiger partial charge < -0.3 is 23.4 Å². The molecule has 7 heteroatoms. The third kappa shape index (κ3) is 2.86. The van der Waals surface area contributed by atoms with E-state index >= 15 is 0 Å². The molecule has 3 heterocycles. The van der Waals surface area contributed by atoms with Gasteiger partial charge in [-0.05, 0) is 29.8 Å². The Morgan fingerprint density at radius 3 is 2.64 bits per heavy atom. The zero-order valence-corrected chi connectivity index (χ0v) is 17.6. The van der Waals surface area contributed by atoms with Crippen LogP contribution in [0.25, 0.3) is 21.9 Å². The third-order valence-corrected chi connectivity index (χ3v) is 6.00. The van der Waals surface area contributed by atoms with Crippen LogP contribution in [0.5, 0.6) is 17.2 Å². The molecule has 3 aromatic carbocycles. The van der Waals surface area contributed by atoms with E-state index in [9.17, 15) is 9.59 Å². The van der Waals surface area contributed by atoms with Crippen LogP contribution in [-0.2, 0) is 4.74 Å². The first-order chi connectivity index (χ1) is 16.1. The van der Waals surface area contributed by atoms with Crippen molar-refractivity contribution in [2.45, 2.75) is 12.2 Å². The minimum atomic E-state index is -0.596. The highest BCUT2D eigenvalue weighted by Crippen LogP contribution is 2.51. The van der Waals surface area contributed by atoms with Gasteiger partial charge >= 0.3 is 5.97 Å². The zero-order valence-electron chi connectivity index (χ0n) is 17.6. The number of carbonyl (C=O) groups is 1. The lowest BCUT2D eigenvalue weighted by Gasteiger charge is -2.13. The number of hydrogen-bond acceptors (Lipinski definition) is 7. The molecule has 1 fully saturated rings. The van der Waals surface area contributed by atoms with Gasteiger partial charge in [-0.15, -0.1) is 0 Å². The van der Waals surface area contributed by atoms with Crippen LogP contribution in [-0.4, -0.2) is 25.8 Å². The Morgan fingerprint density at radius 1 is 1.03 bits per heavy atom. The van der Waals surface area contributed by atoms with E-state index in [1.807, 2.05) is 0 Å². The summed E-state index contributed by atoms with van der Waals surface area (Å²) in [7, 11) is 1.50. The molecule has 1 aromatic heterocycles. The van der Waals surface area contributed by atoms with E-state index < -0.39 is 18.2 Å². The normalized spacial score (nSPS) is 18.8. The number of benzene rings is 3. The molecule has 0 amide bonds. The average Bonchev–Trinajstić information content (AvgIpc) is 3.38. The van der Waals surface area contributed by atoms with Crippen LogP contribution in [0.4, 0.5) is 0 Å². The molecule has 0 unspecified atom stereocenters. The van der Waals surface area contributed by atoms with Crippen molar-refractivity contribution in [3.05, 3.63) is 88.1 Å². The molecule has 164 valence electrons. The number of hydrogen-bond donors (Lipinski definition) is 0. The van der Waals surface area contributed by atoms with E-state index in [0.717, 1.165) is 5.57 Å². The highest BCUT2D eigenvalue weighted by atomic mass is 16.6. The second-order valence-electron chi connectivity index (χ2n) is 7.94. The summed E-state index contributed by atoms with van der Waals surface area (Å²) in [6, 6.07) is 15.2. The van der Waals surface area contributed by atoms with Gasteiger partial charge in [-0.2, -0.15) is 0 Å². The highest BCUT2D eigenvalue weighted by molar-refractivity contribution is 6.00. The molecule has 0 aliphatic carbocycles. The molecule has 6 rings (SSSR count). The molecule has 0 saturated carbocycles. The van der Waals surface area contributed by atoms with Crippen LogP contribution in [0.15, 0.2) is 76.0 Å².